The van der Waals surface area contributed by atoms with Crippen LogP contribution >= 0.6 is 0 Å². The summed E-state index contributed by atoms with van der Waals surface area (Å²) in [4.78, 5) is 25.9. The second-order valence-corrected chi connectivity index (χ2v) is 5.71. The number of benzene rings is 1. The Bertz CT molecular complexity index is 815. The van der Waals surface area contributed by atoms with Crippen molar-refractivity contribution < 1.29 is 32.6 Å². The lowest BCUT2D eigenvalue weighted by Crippen LogP contribution is -2.48. The number of hydrogen-bond donors (Lipinski definition) is 1. The molecular weight excluding hydrogens is 341 g/mol. The highest BCUT2D eigenvalue weighted by atomic mass is 19.4. The second kappa shape index (κ2) is 6.40. The van der Waals surface area contributed by atoms with E-state index in [1.165, 1.54) is 0 Å². The average Bonchev–Trinajstić information content (AvgIpc) is 2.90. The van der Waals surface area contributed by atoms with Crippen molar-refractivity contribution in [3.8, 4) is 0 Å². The van der Waals surface area contributed by atoms with Gasteiger partial charge in [0, 0.05) is 17.4 Å². The molecule has 0 fully saturated rings. The molecule has 1 aliphatic rings. The number of carbonyl (C=O) groups is 2. The highest BCUT2D eigenvalue weighted by Gasteiger charge is 2.50. The molecule has 1 atom stereocenters. The van der Waals surface area contributed by atoms with Crippen LogP contribution in [0, 0.1) is 0 Å². The molecule has 9 heteroatoms. The van der Waals surface area contributed by atoms with Crippen molar-refractivity contribution in [2.24, 2.45) is 0 Å². The van der Waals surface area contributed by atoms with Gasteiger partial charge < -0.3 is 24.5 Å². The molecule has 2 aromatic rings. The fourth-order valence-corrected chi connectivity index (χ4v) is 3.15. The standard InChI is InChI=1S/C16H15F3N2O4/c17-16(18,19)15-14-10(9-3-1-2-4-11(9)20-14)5-6-21(15)12(22)7-25-8-13(23)24/h1-4,15,20H,5-8H2,(H,23,24)/p-1/t15-/m1/s1. The summed E-state index contributed by atoms with van der Waals surface area (Å²) in [6.45, 7) is -1.74. The minimum atomic E-state index is -4.68. The molecule has 0 aliphatic carbocycles. The van der Waals surface area contributed by atoms with Gasteiger partial charge in [-0.2, -0.15) is 13.2 Å². The van der Waals surface area contributed by atoms with Crippen LogP contribution in [0.1, 0.15) is 17.3 Å². The number of halogens is 3. The third-order valence-electron chi connectivity index (χ3n) is 4.11. The van der Waals surface area contributed by atoms with E-state index < -0.39 is 37.3 Å². The molecule has 1 amide bonds. The van der Waals surface area contributed by atoms with Gasteiger partial charge in [0.2, 0.25) is 5.91 Å². The number of amides is 1. The topological polar surface area (TPSA) is 85.5 Å². The largest absolute Gasteiger partial charge is 0.548 e. The van der Waals surface area contributed by atoms with Crippen LogP contribution < -0.4 is 5.11 Å². The summed E-state index contributed by atoms with van der Waals surface area (Å²) in [6, 6.07) is 4.74. The van der Waals surface area contributed by atoms with Crippen molar-refractivity contribution in [2.75, 3.05) is 19.8 Å². The molecule has 1 N–H and O–H groups in total. The molecule has 134 valence electrons. The van der Waals surface area contributed by atoms with Crippen molar-refractivity contribution in [3.05, 3.63) is 35.5 Å². The van der Waals surface area contributed by atoms with Gasteiger partial charge in [-0.05, 0) is 18.1 Å². The molecule has 0 saturated carbocycles. The molecular formula is C16H14F3N2O4-. The third-order valence-corrected chi connectivity index (χ3v) is 4.11. The zero-order valence-electron chi connectivity index (χ0n) is 12.9. The Morgan fingerprint density at radius 3 is 2.68 bits per heavy atom. The Morgan fingerprint density at radius 2 is 2.00 bits per heavy atom. The predicted octanol–water partition coefficient (Wildman–Crippen LogP) is 0.923. The molecule has 0 saturated heterocycles. The molecule has 1 aromatic heterocycles. The average molecular weight is 355 g/mol. The normalized spacial score (nSPS) is 17.6. The summed E-state index contributed by atoms with van der Waals surface area (Å²) in [5.41, 5.74) is 1.05. The van der Waals surface area contributed by atoms with Crippen LogP contribution in [0.2, 0.25) is 0 Å². The Kier molecular flexibility index (Phi) is 4.42. The number of carbonyl (C=O) groups excluding carboxylic acids is 2. The summed E-state index contributed by atoms with van der Waals surface area (Å²) in [7, 11) is 0. The fraction of sp³-hybridized carbons (Fsp3) is 0.375. The van der Waals surface area contributed by atoms with E-state index in [1.807, 2.05) is 0 Å². The summed E-state index contributed by atoms with van der Waals surface area (Å²) < 4.78 is 45.5. The zero-order chi connectivity index (χ0) is 18.2. The summed E-state index contributed by atoms with van der Waals surface area (Å²) >= 11 is 0. The van der Waals surface area contributed by atoms with Crippen molar-refractivity contribution >= 4 is 22.8 Å². The van der Waals surface area contributed by atoms with Gasteiger partial charge in [-0.25, -0.2) is 0 Å². The molecule has 3 rings (SSSR count). The summed E-state index contributed by atoms with van der Waals surface area (Å²) in [6.07, 6.45) is -4.42. The highest BCUT2D eigenvalue weighted by molar-refractivity contribution is 5.86. The van der Waals surface area contributed by atoms with Crippen molar-refractivity contribution in [1.29, 1.82) is 0 Å². The monoisotopic (exact) mass is 355 g/mol. The molecule has 1 aromatic carbocycles. The second-order valence-electron chi connectivity index (χ2n) is 5.71. The number of fused-ring (bicyclic) bond motifs is 3. The number of nitrogens with one attached hydrogen (secondary N) is 1. The van der Waals surface area contributed by atoms with Crippen molar-refractivity contribution in [3.63, 3.8) is 0 Å². The highest BCUT2D eigenvalue weighted by Crippen LogP contribution is 2.43. The van der Waals surface area contributed by atoms with Gasteiger partial charge in [-0.15, -0.1) is 0 Å². The lowest BCUT2D eigenvalue weighted by molar-refractivity contribution is -0.309. The fourth-order valence-electron chi connectivity index (χ4n) is 3.15. The van der Waals surface area contributed by atoms with Gasteiger partial charge in [-0.1, -0.05) is 18.2 Å². The van der Waals surface area contributed by atoms with Gasteiger partial charge in [0.1, 0.15) is 6.61 Å². The molecule has 0 spiro atoms. The number of carboxylic acids is 1. The first kappa shape index (κ1) is 17.3. The zero-order valence-corrected chi connectivity index (χ0v) is 12.9. The quantitative estimate of drug-likeness (QED) is 0.884. The predicted molar refractivity (Wildman–Crippen MR) is 78.3 cm³/mol. The number of aromatic amines is 1. The smallest absolute Gasteiger partial charge is 0.414 e. The van der Waals surface area contributed by atoms with Crippen molar-refractivity contribution in [1.82, 2.24) is 9.88 Å². The van der Waals surface area contributed by atoms with Crippen molar-refractivity contribution in [2.45, 2.75) is 18.6 Å². The van der Waals surface area contributed by atoms with E-state index in [0.717, 1.165) is 0 Å². The Labute approximate surface area is 140 Å². The minimum Gasteiger partial charge on any atom is -0.548 e. The van der Waals surface area contributed by atoms with E-state index in [1.54, 1.807) is 24.3 Å². The molecule has 6 nitrogen and oxygen atoms in total. The Morgan fingerprint density at radius 1 is 1.28 bits per heavy atom. The van der Waals surface area contributed by atoms with Crippen LogP contribution in [0.5, 0.6) is 0 Å². The first-order valence-corrected chi connectivity index (χ1v) is 7.52. The molecule has 2 heterocycles. The molecule has 0 radical (unpaired) electrons. The Balaban J connectivity index is 1.93. The van der Waals surface area contributed by atoms with Gasteiger partial charge in [-0.3, -0.25) is 4.79 Å². The lowest BCUT2D eigenvalue weighted by atomic mass is 9.97. The maximum absolute atomic E-state index is 13.7. The number of H-pyrrole nitrogens is 1. The number of carboxylic acid groups (broad SMARTS) is 1. The van der Waals surface area contributed by atoms with Gasteiger partial charge in [0.15, 0.2) is 6.04 Å². The molecule has 0 bridgehead atoms. The van der Waals surface area contributed by atoms with E-state index in [4.69, 9.17) is 0 Å². The van der Waals surface area contributed by atoms with Crippen LogP contribution in [0.15, 0.2) is 24.3 Å². The summed E-state index contributed by atoms with van der Waals surface area (Å²) in [5.74, 6) is -2.47. The lowest BCUT2D eigenvalue weighted by Gasteiger charge is -2.36. The number of rotatable bonds is 4. The third kappa shape index (κ3) is 3.32. The first-order chi connectivity index (χ1) is 11.8. The number of alkyl halides is 3. The van der Waals surface area contributed by atoms with Gasteiger partial charge in [0.25, 0.3) is 0 Å². The van der Waals surface area contributed by atoms with Crippen LogP contribution in [0.4, 0.5) is 13.2 Å². The molecule has 0 unspecified atom stereocenters. The van der Waals surface area contributed by atoms with E-state index in [9.17, 15) is 27.9 Å². The number of nitrogens with zero attached hydrogens (tertiary/aromatic N) is 1. The van der Waals surface area contributed by atoms with E-state index in [0.29, 0.717) is 21.4 Å². The number of aromatic nitrogens is 1. The number of ether oxygens (including phenoxy) is 1. The van der Waals surface area contributed by atoms with Gasteiger partial charge in [0.05, 0.1) is 18.3 Å². The van der Waals surface area contributed by atoms with Crippen LogP contribution in [0.25, 0.3) is 10.9 Å². The maximum atomic E-state index is 13.7. The molecule has 1 aliphatic heterocycles. The van der Waals surface area contributed by atoms with E-state index in [-0.39, 0.29) is 18.7 Å². The van der Waals surface area contributed by atoms with Gasteiger partial charge >= 0.3 is 6.18 Å². The maximum Gasteiger partial charge on any atom is 0.414 e. The molecule has 25 heavy (non-hydrogen) atoms. The Hall–Kier alpha value is -2.55. The summed E-state index contributed by atoms with van der Waals surface area (Å²) in [5, 5.41) is 11.0. The number of aliphatic carboxylic acids is 1. The van der Waals surface area contributed by atoms with Crippen LogP contribution in [-0.4, -0.2) is 47.7 Å². The first-order valence-electron chi connectivity index (χ1n) is 7.52. The number of hydrogen-bond acceptors (Lipinski definition) is 4. The van der Waals surface area contributed by atoms with Crippen LogP contribution in [-0.2, 0) is 20.7 Å². The van der Waals surface area contributed by atoms with E-state index >= 15 is 0 Å². The van der Waals surface area contributed by atoms with Crippen LogP contribution in [0.3, 0.4) is 0 Å². The van der Waals surface area contributed by atoms with E-state index in [2.05, 4.69) is 9.72 Å². The SMILES string of the molecule is O=C([O-])COCC(=O)N1CCc2c([nH]c3ccccc23)[C@@H]1C(F)(F)F. The minimum absolute atomic E-state index is 0.0619. The number of para-hydroxylation sites is 1.